The van der Waals surface area contributed by atoms with E-state index in [0.29, 0.717) is 11.5 Å². The first-order valence-corrected chi connectivity index (χ1v) is 7.40. The van der Waals surface area contributed by atoms with Crippen LogP contribution in [0.25, 0.3) is 0 Å². The summed E-state index contributed by atoms with van der Waals surface area (Å²) >= 11 is 0. The third-order valence-electron chi connectivity index (χ3n) is 4.48. The lowest BCUT2D eigenvalue weighted by molar-refractivity contribution is 0.132. The Balaban J connectivity index is 2.33. The van der Waals surface area contributed by atoms with Crippen LogP contribution >= 0.6 is 0 Å². The van der Waals surface area contributed by atoms with Gasteiger partial charge in [-0.25, -0.2) is 0 Å². The van der Waals surface area contributed by atoms with E-state index < -0.39 is 0 Å². The molecule has 18 heavy (non-hydrogen) atoms. The van der Waals surface area contributed by atoms with Crippen LogP contribution in [0.15, 0.2) is 0 Å². The summed E-state index contributed by atoms with van der Waals surface area (Å²) in [5, 5.41) is 3.47. The fourth-order valence-electron chi connectivity index (χ4n) is 2.96. The molecule has 3 nitrogen and oxygen atoms in total. The molecule has 0 aromatic carbocycles. The third kappa shape index (κ3) is 4.87. The first-order valence-electron chi connectivity index (χ1n) is 7.40. The maximum atomic E-state index is 3.47. The Labute approximate surface area is 114 Å². The molecule has 0 saturated carbocycles. The summed E-state index contributed by atoms with van der Waals surface area (Å²) in [6, 6.07) is 1.39. The predicted molar refractivity (Wildman–Crippen MR) is 80.1 cm³/mol. The number of nitrogens with one attached hydrogen (secondary N) is 1. The van der Waals surface area contributed by atoms with Gasteiger partial charge in [0.05, 0.1) is 0 Å². The number of rotatable bonds is 5. The Morgan fingerprint density at radius 3 is 2.28 bits per heavy atom. The Hall–Kier alpha value is -0.120. The van der Waals surface area contributed by atoms with Crippen LogP contribution in [-0.4, -0.2) is 62.7 Å². The summed E-state index contributed by atoms with van der Waals surface area (Å²) in [6.07, 6.45) is 3.89. The molecule has 1 aliphatic heterocycles. The van der Waals surface area contributed by atoms with Gasteiger partial charge in [0, 0.05) is 12.1 Å². The van der Waals surface area contributed by atoms with Gasteiger partial charge in [-0.05, 0) is 65.5 Å². The largest absolute Gasteiger partial charge is 0.316 e. The average Bonchev–Trinajstić information content (AvgIpc) is 2.28. The van der Waals surface area contributed by atoms with Crippen molar-refractivity contribution >= 4 is 0 Å². The molecule has 3 heteroatoms. The monoisotopic (exact) mass is 255 g/mol. The number of nitrogens with zero attached hydrogens (tertiary/aromatic N) is 2. The van der Waals surface area contributed by atoms with E-state index in [1.165, 1.54) is 38.9 Å². The van der Waals surface area contributed by atoms with Gasteiger partial charge in [-0.3, -0.25) is 0 Å². The summed E-state index contributed by atoms with van der Waals surface area (Å²) in [4.78, 5) is 5.01. The van der Waals surface area contributed by atoms with Crippen LogP contribution in [0.3, 0.4) is 0 Å². The highest BCUT2D eigenvalue weighted by molar-refractivity contribution is 4.82. The average molecular weight is 255 g/mol. The molecule has 0 aromatic heterocycles. The van der Waals surface area contributed by atoms with Crippen LogP contribution in [0.4, 0.5) is 0 Å². The van der Waals surface area contributed by atoms with Crippen LogP contribution in [0.1, 0.15) is 40.0 Å². The minimum absolute atomic E-state index is 0.350. The van der Waals surface area contributed by atoms with E-state index in [9.17, 15) is 0 Å². The number of hydrogen-bond donors (Lipinski definition) is 1. The van der Waals surface area contributed by atoms with Gasteiger partial charge < -0.3 is 15.1 Å². The second-order valence-electron chi connectivity index (χ2n) is 7.01. The van der Waals surface area contributed by atoms with Crippen molar-refractivity contribution in [3.63, 3.8) is 0 Å². The number of hydrogen-bond acceptors (Lipinski definition) is 3. The molecule has 1 rings (SSSR count). The third-order valence-corrected chi connectivity index (χ3v) is 4.48. The zero-order valence-corrected chi connectivity index (χ0v) is 13.3. The second kappa shape index (κ2) is 6.88. The van der Waals surface area contributed by atoms with Crippen LogP contribution in [0, 0.1) is 5.41 Å². The van der Waals surface area contributed by atoms with Crippen molar-refractivity contribution in [1.82, 2.24) is 15.1 Å². The van der Waals surface area contributed by atoms with Gasteiger partial charge in [-0.1, -0.05) is 20.8 Å². The molecule has 1 fully saturated rings. The molecule has 108 valence electrons. The van der Waals surface area contributed by atoms with Crippen LogP contribution in [0.2, 0.25) is 0 Å². The summed E-state index contributed by atoms with van der Waals surface area (Å²) in [5.74, 6) is 0. The molecule has 1 heterocycles. The Morgan fingerprint density at radius 1 is 1.28 bits per heavy atom. The van der Waals surface area contributed by atoms with E-state index in [1.54, 1.807) is 0 Å². The fraction of sp³-hybridized carbons (Fsp3) is 1.00. The quantitative estimate of drug-likeness (QED) is 0.811. The summed E-state index contributed by atoms with van der Waals surface area (Å²) in [6.45, 7) is 10.7. The van der Waals surface area contributed by atoms with Crippen molar-refractivity contribution in [1.29, 1.82) is 0 Å². The standard InChI is InChI=1S/C15H33N3/c1-15(2,3)14(16-4)9-12-18(6)13-7-10-17(5)11-8-13/h13-14,16H,7-12H2,1-6H3. The van der Waals surface area contributed by atoms with Crippen molar-refractivity contribution in [2.24, 2.45) is 5.41 Å². The molecule has 0 spiro atoms. The lowest BCUT2D eigenvalue weighted by atomic mass is 9.84. The molecule has 1 saturated heterocycles. The van der Waals surface area contributed by atoms with Crippen molar-refractivity contribution in [3.05, 3.63) is 0 Å². The van der Waals surface area contributed by atoms with E-state index in [4.69, 9.17) is 0 Å². The highest BCUT2D eigenvalue weighted by atomic mass is 15.2. The van der Waals surface area contributed by atoms with Crippen LogP contribution < -0.4 is 5.32 Å². The summed E-state index contributed by atoms with van der Waals surface area (Å²) < 4.78 is 0. The van der Waals surface area contributed by atoms with Gasteiger partial charge in [0.15, 0.2) is 0 Å². The lowest BCUT2D eigenvalue weighted by Gasteiger charge is -2.37. The number of piperidine rings is 1. The molecule has 0 bridgehead atoms. The molecule has 0 radical (unpaired) electrons. The van der Waals surface area contributed by atoms with Crippen molar-refractivity contribution in [2.45, 2.75) is 52.1 Å². The molecule has 0 amide bonds. The molecular formula is C15H33N3. The first kappa shape index (κ1) is 15.9. The van der Waals surface area contributed by atoms with Crippen molar-refractivity contribution in [2.75, 3.05) is 40.8 Å². The second-order valence-corrected chi connectivity index (χ2v) is 7.01. The molecule has 1 unspecified atom stereocenters. The molecule has 1 aliphatic rings. The smallest absolute Gasteiger partial charge is 0.0125 e. The Bertz CT molecular complexity index is 226. The number of likely N-dealkylation sites (tertiary alicyclic amines) is 1. The zero-order valence-electron chi connectivity index (χ0n) is 13.3. The van der Waals surface area contributed by atoms with Gasteiger partial charge in [0.25, 0.3) is 0 Å². The summed E-state index contributed by atoms with van der Waals surface area (Å²) in [7, 11) is 6.61. The van der Waals surface area contributed by atoms with Crippen molar-refractivity contribution < 1.29 is 0 Å². The summed E-state index contributed by atoms with van der Waals surface area (Å²) in [5.41, 5.74) is 0.350. The topological polar surface area (TPSA) is 18.5 Å². The Morgan fingerprint density at radius 2 is 1.83 bits per heavy atom. The molecule has 1 atom stereocenters. The molecular weight excluding hydrogens is 222 g/mol. The molecule has 0 aromatic rings. The van der Waals surface area contributed by atoms with Crippen molar-refractivity contribution in [3.8, 4) is 0 Å². The minimum Gasteiger partial charge on any atom is -0.316 e. The van der Waals surface area contributed by atoms with E-state index in [2.05, 4.69) is 57.0 Å². The van der Waals surface area contributed by atoms with E-state index in [-0.39, 0.29) is 0 Å². The lowest BCUT2D eigenvalue weighted by Crippen LogP contribution is -2.45. The highest BCUT2D eigenvalue weighted by Gasteiger charge is 2.25. The van der Waals surface area contributed by atoms with Gasteiger partial charge in [-0.15, -0.1) is 0 Å². The SMILES string of the molecule is CNC(CCN(C)C1CCN(C)CC1)C(C)(C)C. The fourth-order valence-corrected chi connectivity index (χ4v) is 2.96. The molecule has 0 aliphatic carbocycles. The van der Waals surface area contributed by atoms with E-state index in [0.717, 1.165) is 6.04 Å². The van der Waals surface area contributed by atoms with E-state index in [1.807, 2.05) is 0 Å². The first-order chi connectivity index (χ1) is 8.34. The van der Waals surface area contributed by atoms with Gasteiger partial charge >= 0.3 is 0 Å². The zero-order chi connectivity index (χ0) is 13.8. The predicted octanol–water partition coefficient (Wildman–Crippen LogP) is 2.04. The van der Waals surface area contributed by atoms with Gasteiger partial charge in [0.1, 0.15) is 0 Å². The minimum atomic E-state index is 0.350. The molecule has 1 N–H and O–H groups in total. The maximum Gasteiger partial charge on any atom is 0.0125 e. The Kier molecular flexibility index (Phi) is 6.09. The normalized spacial score (nSPS) is 21.5. The van der Waals surface area contributed by atoms with Crippen LogP contribution in [-0.2, 0) is 0 Å². The van der Waals surface area contributed by atoms with Gasteiger partial charge in [0.2, 0.25) is 0 Å². The van der Waals surface area contributed by atoms with E-state index >= 15 is 0 Å². The van der Waals surface area contributed by atoms with Gasteiger partial charge in [-0.2, -0.15) is 0 Å². The maximum absolute atomic E-state index is 3.47. The highest BCUT2D eigenvalue weighted by Crippen LogP contribution is 2.22. The van der Waals surface area contributed by atoms with Crippen LogP contribution in [0.5, 0.6) is 0 Å².